The van der Waals surface area contributed by atoms with E-state index >= 15 is 0 Å². The van der Waals surface area contributed by atoms with Crippen molar-refractivity contribution in [3.8, 4) is 5.75 Å². The summed E-state index contributed by atoms with van der Waals surface area (Å²) in [7, 11) is 1.41. The van der Waals surface area contributed by atoms with Gasteiger partial charge in [0.15, 0.2) is 17.5 Å². The molecule has 0 aliphatic heterocycles. The highest BCUT2D eigenvalue weighted by Crippen LogP contribution is 2.28. The molecule has 0 aliphatic rings. The minimum Gasteiger partial charge on any atom is -0.495 e. The number of methoxy groups -OCH3 is 1. The van der Waals surface area contributed by atoms with Gasteiger partial charge in [-0.25, -0.2) is 13.2 Å². The standard InChI is InChI=1S/C17H15F3N2O3/c1-10(23)22(13-5-3-4-6-14(13)25-2)9-15(24)21-12-8-7-11(18)16(19)17(12)20/h3-8H,9H2,1-2H3,(H,21,24). The summed E-state index contributed by atoms with van der Waals surface area (Å²) in [6.07, 6.45) is 0. The zero-order valence-corrected chi connectivity index (χ0v) is 13.5. The van der Waals surface area contributed by atoms with Gasteiger partial charge < -0.3 is 10.1 Å². The highest BCUT2D eigenvalue weighted by atomic mass is 19.2. The van der Waals surface area contributed by atoms with E-state index in [2.05, 4.69) is 5.32 Å². The molecule has 2 aromatic rings. The first-order valence-electron chi connectivity index (χ1n) is 7.19. The van der Waals surface area contributed by atoms with E-state index in [9.17, 15) is 22.8 Å². The van der Waals surface area contributed by atoms with Crippen LogP contribution in [0.15, 0.2) is 36.4 Å². The molecule has 0 radical (unpaired) electrons. The van der Waals surface area contributed by atoms with Crippen LogP contribution in [0.1, 0.15) is 6.92 Å². The molecule has 0 unspecified atom stereocenters. The Morgan fingerprint density at radius 3 is 2.40 bits per heavy atom. The van der Waals surface area contributed by atoms with Gasteiger partial charge in [-0.2, -0.15) is 0 Å². The van der Waals surface area contributed by atoms with E-state index in [1.165, 1.54) is 14.0 Å². The fourth-order valence-corrected chi connectivity index (χ4v) is 2.17. The molecule has 25 heavy (non-hydrogen) atoms. The summed E-state index contributed by atoms with van der Waals surface area (Å²) in [6.45, 7) is 0.784. The number of hydrogen-bond donors (Lipinski definition) is 1. The number of nitrogens with one attached hydrogen (secondary N) is 1. The first kappa shape index (κ1) is 18.3. The van der Waals surface area contributed by atoms with E-state index in [1.54, 1.807) is 24.3 Å². The van der Waals surface area contributed by atoms with E-state index in [1.807, 2.05) is 0 Å². The van der Waals surface area contributed by atoms with Gasteiger partial charge in [0.1, 0.15) is 12.3 Å². The average Bonchev–Trinajstić information content (AvgIpc) is 2.60. The molecule has 0 spiro atoms. The van der Waals surface area contributed by atoms with E-state index in [0.717, 1.165) is 11.0 Å². The number of carbonyl (C=O) groups is 2. The van der Waals surface area contributed by atoms with Crippen LogP contribution in [0.2, 0.25) is 0 Å². The maximum atomic E-state index is 13.6. The molecule has 8 heteroatoms. The number of nitrogens with zero attached hydrogens (tertiary/aromatic N) is 1. The van der Waals surface area contributed by atoms with Crippen molar-refractivity contribution in [1.82, 2.24) is 0 Å². The molecular weight excluding hydrogens is 337 g/mol. The summed E-state index contributed by atoms with van der Waals surface area (Å²) in [5.74, 6) is -5.44. The number of halogens is 3. The average molecular weight is 352 g/mol. The monoisotopic (exact) mass is 352 g/mol. The van der Waals surface area contributed by atoms with Crippen LogP contribution >= 0.6 is 0 Å². The number of benzene rings is 2. The van der Waals surface area contributed by atoms with Crippen molar-refractivity contribution in [3.63, 3.8) is 0 Å². The van der Waals surface area contributed by atoms with E-state index in [-0.39, 0.29) is 0 Å². The first-order valence-corrected chi connectivity index (χ1v) is 7.19. The van der Waals surface area contributed by atoms with Gasteiger partial charge in [-0.05, 0) is 24.3 Å². The highest BCUT2D eigenvalue weighted by molar-refractivity contribution is 6.02. The summed E-state index contributed by atoms with van der Waals surface area (Å²) in [6, 6.07) is 8.12. The molecule has 0 fully saturated rings. The SMILES string of the molecule is COc1ccccc1N(CC(=O)Nc1ccc(F)c(F)c1F)C(C)=O. The number of anilines is 2. The maximum Gasteiger partial charge on any atom is 0.244 e. The van der Waals surface area contributed by atoms with Crippen molar-refractivity contribution in [1.29, 1.82) is 0 Å². The Balaban J connectivity index is 2.22. The summed E-state index contributed by atoms with van der Waals surface area (Å²) in [5.41, 5.74) is -0.175. The van der Waals surface area contributed by atoms with Crippen LogP contribution in [0.4, 0.5) is 24.5 Å². The van der Waals surface area contributed by atoms with Crippen LogP contribution in [0.25, 0.3) is 0 Å². The smallest absolute Gasteiger partial charge is 0.244 e. The van der Waals surface area contributed by atoms with Crippen molar-refractivity contribution in [3.05, 3.63) is 53.8 Å². The molecular formula is C17H15F3N2O3. The number of para-hydroxylation sites is 2. The Bertz CT molecular complexity index is 812. The second-order valence-electron chi connectivity index (χ2n) is 5.05. The minimum atomic E-state index is -1.69. The molecule has 0 heterocycles. The van der Waals surface area contributed by atoms with Gasteiger partial charge in [-0.1, -0.05) is 12.1 Å². The quantitative estimate of drug-likeness (QED) is 0.842. The summed E-state index contributed by atoms with van der Waals surface area (Å²) in [4.78, 5) is 25.1. The van der Waals surface area contributed by atoms with Gasteiger partial charge in [-0.3, -0.25) is 14.5 Å². The van der Waals surface area contributed by atoms with Crippen molar-refractivity contribution in [2.45, 2.75) is 6.92 Å². The molecule has 0 saturated carbocycles. The lowest BCUT2D eigenvalue weighted by Crippen LogP contribution is -2.37. The van der Waals surface area contributed by atoms with Crippen molar-refractivity contribution in [2.75, 3.05) is 23.9 Å². The van der Waals surface area contributed by atoms with E-state index < -0.39 is 41.5 Å². The third-order valence-electron chi connectivity index (χ3n) is 3.37. The maximum absolute atomic E-state index is 13.6. The Hall–Kier alpha value is -3.03. The lowest BCUT2D eigenvalue weighted by Gasteiger charge is -2.22. The molecule has 0 saturated heterocycles. The third-order valence-corrected chi connectivity index (χ3v) is 3.37. The van der Waals surface area contributed by atoms with E-state index in [0.29, 0.717) is 17.5 Å². The van der Waals surface area contributed by atoms with Gasteiger partial charge in [0.05, 0.1) is 18.5 Å². The van der Waals surface area contributed by atoms with Gasteiger partial charge in [0.25, 0.3) is 0 Å². The normalized spacial score (nSPS) is 10.3. The van der Waals surface area contributed by atoms with Crippen LogP contribution in [0.3, 0.4) is 0 Å². The van der Waals surface area contributed by atoms with Crippen LogP contribution in [0.5, 0.6) is 5.75 Å². The largest absolute Gasteiger partial charge is 0.495 e. The zero-order chi connectivity index (χ0) is 18.6. The summed E-state index contributed by atoms with van der Waals surface area (Å²) in [5, 5.41) is 2.12. The fraction of sp³-hybridized carbons (Fsp3) is 0.176. The molecule has 0 bridgehead atoms. The lowest BCUT2D eigenvalue weighted by atomic mass is 10.2. The van der Waals surface area contributed by atoms with Crippen molar-refractivity contribution >= 4 is 23.2 Å². The van der Waals surface area contributed by atoms with Gasteiger partial charge in [-0.15, -0.1) is 0 Å². The molecule has 0 aliphatic carbocycles. The number of rotatable bonds is 5. The number of carbonyl (C=O) groups excluding carboxylic acids is 2. The second-order valence-corrected chi connectivity index (χ2v) is 5.05. The molecule has 2 aromatic carbocycles. The Kier molecular flexibility index (Phi) is 5.63. The molecule has 0 atom stereocenters. The number of amides is 2. The van der Waals surface area contributed by atoms with Crippen LogP contribution in [-0.4, -0.2) is 25.5 Å². The topological polar surface area (TPSA) is 58.6 Å². The molecule has 0 aromatic heterocycles. The van der Waals surface area contributed by atoms with Gasteiger partial charge >= 0.3 is 0 Å². The Morgan fingerprint density at radius 2 is 1.76 bits per heavy atom. The molecule has 132 valence electrons. The fourth-order valence-electron chi connectivity index (χ4n) is 2.17. The molecule has 2 amide bonds. The summed E-state index contributed by atoms with van der Waals surface area (Å²) >= 11 is 0. The Morgan fingerprint density at radius 1 is 1.08 bits per heavy atom. The van der Waals surface area contributed by atoms with Crippen molar-refractivity contribution in [2.24, 2.45) is 0 Å². The second kappa shape index (κ2) is 7.69. The summed E-state index contributed by atoms with van der Waals surface area (Å²) < 4.78 is 44.9. The minimum absolute atomic E-state index is 0.346. The molecule has 5 nitrogen and oxygen atoms in total. The zero-order valence-electron chi connectivity index (χ0n) is 13.5. The lowest BCUT2D eigenvalue weighted by molar-refractivity contribution is -0.120. The number of ether oxygens (including phenoxy) is 1. The predicted octanol–water partition coefficient (Wildman–Crippen LogP) is 3.10. The van der Waals surface area contributed by atoms with Crippen molar-refractivity contribution < 1.29 is 27.5 Å². The van der Waals surface area contributed by atoms with Gasteiger partial charge in [0.2, 0.25) is 11.8 Å². The molecule has 2 rings (SSSR count). The van der Waals surface area contributed by atoms with Gasteiger partial charge in [0, 0.05) is 6.92 Å². The first-order chi connectivity index (χ1) is 11.8. The van der Waals surface area contributed by atoms with Crippen LogP contribution < -0.4 is 15.0 Å². The molecule has 1 N–H and O–H groups in total. The number of hydrogen-bond acceptors (Lipinski definition) is 3. The Labute approximate surface area is 142 Å². The third kappa shape index (κ3) is 4.09. The predicted molar refractivity (Wildman–Crippen MR) is 86.0 cm³/mol. The van der Waals surface area contributed by atoms with E-state index in [4.69, 9.17) is 4.74 Å². The van der Waals surface area contributed by atoms with Crippen LogP contribution in [-0.2, 0) is 9.59 Å². The highest BCUT2D eigenvalue weighted by Gasteiger charge is 2.21. The van der Waals surface area contributed by atoms with Crippen LogP contribution in [0, 0.1) is 17.5 Å².